The van der Waals surface area contributed by atoms with Crippen molar-refractivity contribution in [2.45, 2.75) is 41.5 Å². The van der Waals surface area contributed by atoms with Crippen molar-refractivity contribution in [3.63, 3.8) is 0 Å². The van der Waals surface area contributed by atoms with Gasteiger partial charge in [-0.3, -0.25) is 0 Å². The van der Waals surface area contributed by atoms with E-state index in [1.54, 1.807) is 13.8 Å². The molecule has 0 radical (unpaired) electrons. The molecule has 0 aliphatic rings. The first-order chi connectivity index (χ1) is 14.2. The molecular formula is C25H26ClF2FeN3. The molecule has 3 nitrogen and oxygen atoms in total. The molecule has 0 atom stereocenters. The molecule has 1 heterocycles. The first-order valence-electron chi connectivity index (χ1n) is 9.77. The van der Waals surface area contributed by atoms with E-state index >= 15 is 0 Å². The van der Waals surface area contributed by atoms with Gasteiger partial charge in [0.25, 0.3) is 0 Å². The maximum Gasteiger partial charge on any atom is 0.149 e. The smallest absolute Gasteiger partial charge is 0.149 e. The third kappa shape index (κ3) is 6.32. The van der Waals surface area contributed by atoms with Crippen LogP contribution in [-0.4, -0.2) is 16.4 Å². The van der Waals surface area contributed by atoms with Crippen molar-refractivity contribution in [2.24, 2.45) is 9.98 Å². The summed E-state index contributed by atoms with van der Waals surface area (Å²) in [6.07, 6.45) is 0. The minimum absolute atomic E-state index is 0. The quantitative estimate of drug-likeness (QED) is 0.275. The van der Waals surface area contributed by atoms with Gasteiger partial charge in [0.2, 0.25) is 0 Å². The van der Waals surface area contributed by atoms with E-state index in [0.29, 0.717) is 34.2 Å². The van der Waals surface area contributed by atoms with E-state index < -0.39 is 0 Å². The molecule has 0 aliphatic carbocycles. The topological polar surface area (TPSA) is 37.6 Å². The Bertz CT molecular complexity index is 1050. The van der Waals surface area contributed by atoms with E-state index in [-0.39, 0.29) is 41.1 Å². The Morgan fingerprint density at radius 2 is 1.09 bits per heavy atom. The summed E-state index contributed by atoms with van der Waals surface area (Å²) in [6.45, 7) is 11.0. The van der Waals surface area contributed by atoms with Crippen LogP contribution in [0.25, 0.3) is 0 Å². The molecule has 3 rings (SSSR count). The zero-order valence-electron chi connectivity index (χ0n) is 18.9. The fourth-order valence-corrected chi connectivity index (χ4v) is 3.39. The second kappa shape index (κ2) is 11.5. The molecule has 2 aromatic carbocycles. The maximum atomic E-state index is 14.4. The fourth-order valence-electron chi connectivity index (χ4n) is 3.39. The number of pyridine rings is 1. The predicted octanol–water partition coefficient (Wildman–Crippen LogP) is 7.29. The molecule has 0 saturated heterocycles. The second-order valence-corrected chi connectivity index (χ2v) is 7.63. The van der Waals surface area contributed by atoms with Crippen molar-refractivity contribution >= 4 is 35.2 Å². The summed E-state index contributed by atoms with van der Waals surface area (Å²) in [5.74, 6) is -0.711. The summed E-state index contributed by atoms with van der Waals surface area (Å²) >= 11 is 0. The van der Waals surface area contributed by atoms with Crippen LogP contribution in [0.15, 0.2) is 52.4 Å². The Balaban J connectivity index is 0.00000256. The van der Waals surface area contributed by atoms with E-state index in [2.05, 4.69) is 15.0 Å². The van der Waals surface area contributed by atoms with Gasteiger partial charge < -0.3 is 0 Å². The average molecular weight is 498 g/mol. The molecule has 0 aliphatic heterocycles. The fraction of sp³-hybridized carbons (Fsp3) is 0.240. The Labute approximate surface area is 205 Å². The molecule has 3 aromatic rings. The minimum atomic E-state index is -0.355. The number of rotatable bonds is 4. The van der Waals surface area contributed by atoms with Crippen LogP contribution < -0.4 is 0 Å². The molecule has 0 bridgehead atoms. The van der Waals surface area contributed by atoms with Crippen molar-refractivity contribution in [1.29, 1.82) is 0 Å². The molecule has 32 heavy (non-hydrogen) atoms. The molecule has 0 amide bonds. The Morgan fingerprint density at radius 1 is 0.719 bits per heavy atom. The summed E-state index contributed by atoms with van der Waals surface area (Å²) in [6, 6.07) is 12.2. The number of hydrogen-bond donors (Lipinski definition) is 0. The van der Waals surface area contributed by atoms with E-state index in [4.69, 9.17) is 0 Å². The van der Waals surface area contributed by atoms with Crippen molar-refractivity contribution in [3.05, 3.63) is 87.7 Å². The number of hydrogen-bond acceptors (Lipinski definition) is 3. The molecular weight excluding hydrogens is 472 g/mol. The summed E-state index contributed by atoms with van der Waals surface area (Å²) in [5, 5.41) is 0. The van der Waals surface area contributed by atoms with Gasteiger partial charge in [-0.15, -0.1) is 12.4 Å². The maximum absolute atomic E-state index is 14.4. The third-order valence-electron chi connectivity index (χ3n) is 4.85. The van der Waals surface area contributed by atoms with Gasteiger partial charge in [0, 0.05) is 17.1 Å². The third-order valence-corrected chi connectivity index (χ3v) is 4.85. The monoisotopic (exact) mass is 497 g/mol. The second-order valence-electron chi connectivity index (χ2n) is 7.63. The van der Waals surface area contributed by atoms with E-state index in [1.165, 1.54) is 12.1 Å². The van der Waals surface area contributed by atoms with E-state index in [9.17, 15) is 8.78 Å². The van der Waals surface area contributed by atoms with Gasteiger partial charge in [0.1, 0.15) is 23.0 Å². The van der Waals surface area contributed by atoms with Gasteiger partial charge in [0.15, 0.2) is 0 Å². The average Bonchev–Trinajstić information content (AvgIpc) is 2.67. The molecule has 0 N–H and O–H groups in total. The largest absolute Gasteiger partial charge is 0.248 e. The number of halogens is 3. The van der Waals surface area contributed by atoms with Gasteiger partial charge >= 0.3 is 0 Å². The van der Waals surface area contributed by atoms with Crippen LogP contribution >= 0.6 is 12.4 Å². The van der Waals surface area contributed by atoms with Gasteiger partial charge in [-0.2, -0.15) is 0 Å². The number of nitrogens with zero attached hydrogens (tertiary/aromatic N) is 3. The zero-order valence-corrected chi connectivity index (χ0v) is 20.8. The molecule has 7 heteroatoms. The zero-order chi connectivity index (χ0) is 22.0. The first kappa shape index (κ1) is 27.6. The molecule has 0 unspecified atom stereocenters. The van der Waals surface area contributed by atoms with E-state index in [0.717, 1.165) is 22.3 Å². The molecule has 0 spiro atoms. The summed E-state index contributed by atoms with van der Waals surface area (Å²) in [7, 11) is 0. The van der Waals surface area contributed by atoms with Crippen LogP contribution in [0.3, 0.4) is 0 Å². The first-order valence-corrected chi connectivity index (χ1v) is 9.77. The predicted molar refractivity (Wildman–Crippen MR) is 127 cm³/mol. The van der Waals surface area contributed by atoms with E-state index in [1.807, 2.05) is 58.0 Å². The normalized spacial score (nSPS) is 11.6. The van der Waals surface area contributed by atoms with Crippen molar-refractivity contribution < 1.29 is 25.8 Å². The minimum Gasteiger partial charge on any atom is -0.248 e. The molecule has 0 fully saturated rings. The Hall–Kier alpha value is -2.40. The Kier molecular flexibility index (Phi) is 9.90. The molecule has 1 aromatic heterocycles. The SMILES string of the molecule is CC(=Nc1c(C)cc(C)cc1F)c1cccc(C(C)=Nc2c(C)cc(C)cc2F)n1.Cl.[Fe]. The van der Waals surface area contributed by atoms with Crippen LogP contribution in [0.5, 0.6) is 0 Å². The number of aryl methyl sites for hydroxylation is 4. The van der Waals surface area contributed by atoms with Gasteiger partial charge in [-0.05, 0) is 88.1 Å². The van der Waals surface area contributed by atoms with Crippen LogP contribution in [0.4, 0.5) is 20.2 Å². The number of aliphatic imine (C=N–C) groups is 2. The molecule has 0 saturated carbocycles. The number of aromatic nitrogens is 1. The number of benzene rings is 2. The van der Waals surface area contributed by atoms with Gasteiger partial charge in [0.05, 0.1) is 22.8 Å². The van der Waals surface area contributed by atoms with Crippen LogP contribution in [0.1, 0.15) is 47.5 Å². The van der Waals surface area contributed by atoms with Crippen LogP contribution in [0.2, 0.25) is 0 Å². The molecule has 170 valence electrons. The van der Waals surface area contributed by atoms with Crippen molar-refractivity contribution in [3.8, 4) is 0 Å². The van der Waals surface area contributed by atoms with Crippen molar-refractivity contribution in [2.75, 3.05) is 0 Å². The van der Waals surface area contributed by atoms with Crippen LogP contribution in [-0.2, 0) is 17.1 Å². The summed E-state index contributed by atoms with van der Waals surface area (Å²) in [4.78, 5) is 13.6. The van der Waals surface area contributed by atoms with Crippen LogP contribution in [0, 0.1) is 39.3 Å². The Morgan fingerprint density at radius 3 is 1.44 bits per heavy atom. The van der Waals surface area contributed by atoms with Crippen molar-refractivity contribution in [1.82, 2.24) is 4.98 Å². The summed E-state index contributed by atoms with van der Waals surface area (Å²) < 4.78 is 28.7. The van der Waals surface area contributed by atoms with Gasteiger partial charge in [-0.1, -0.05) is 18.2 Å². The summed E-state index contributed by atoms with van der Waals surface area (Å²) in [5.41, 5.74) is 6.28. The standard InChI is InChI=1S/C25H25F2N3.ClH.Fe/c1-14-10-16(3)24(20(26)12-14)28-18(5)22-8-7-9-23(30-22)19(6)29-25-17(4)11-15(2)13-21(25)27;;/h7-13H,1-6H3;1H;. The van der Waals surface area contributed by atoms with Gasteiger partial charge in [-0.25, -0.2) is 23.7 Å².